The van der Waals surface area contributed by atoms with Crippen molar-refractivity contribution in [1.82, 2.24) is 5.32 Å². The van der Waals surface area contributed by atoms with Crippen molar-refractivity contribution in [3.05, 3.63) is 35.4 Å². The average Bonchev–Trinajstić information content (AvgIpc) is 2.42. The Hall–Kier alpha value is -1.35. The molecule has 3 N–H and O–H groups in total. The van der Waals surface area contributed by atoms with Crippen LogP contribution in [-0.2, 0) is 11.2 Å². The van der Waals surface area contributed by atoms with Crippen LogP contribution in [0.5, 0.6) is 0 Å². The maximum Gasteiger partial charge on any atom is 0.234 e. The second kappa shape index (κ2) is 8.05. The minimum absolute atomic E-state index is 0.151. The zero-order chi connectivity index (χ0) is 15.1. The van der Waals surface area contributed by atoms with E-state index < -0.39 is 0 Å². The molecule has 0 saturated carbocycles. The van der Waals surface area contributed by atoms with Gasteiger partial charge in [-0.05, 0) is 36.8 Å². The van der Waals surface area contributed by atoms with Gasteiger partial charge in [-0.3, -0.25) is 10.1 Å². The van der Waals surface area contributed by atoms with E-state index >= 15 is 0 Å². The Morgan fingerprint density at radius 2 is 1.80 bits per heavy atom. The molecular formula is C17H28N2O. The minimum Gasteiger partial charge on any atom is -0.368 e. The lowest BCUT2D eigenvalue weighted by molar-refractivity contribution is -0.119. The van der Waals surface area contributed by atoms with Gasteiger partial charge in [0, 0.05) is 6.04 Å². The highest BCUT2D eigenvalue weighted by molar-refractivity contribution is 5.79. The molecule has 1 aromatic carbocycles. The first kappa shape index (κ1) is 16.7. The highest BCUT2D eigenvalue weighted by Crippen LogP contribution is 2.23. The zero-order valence-corrected chi connectivity index (χ0v) is 13.1. The molecule has 0 unspecified atom stereocenters. The maximum absolute atomic E-state index is 11.2. The summed E-state index contributed by atoms with van der Waals surface area (Å²) in [6.07, 6.45) is 3.58. The summed E-state index contributed by atoms with van der Waals surface area (Å²) < 4.78 is 0. The molecule has 2 atom stereocenters. The van der Waals surface area contributed by atoms with Crippen molar-refractivity contribution in [3.63, 3.8) is 0 Å². The number of aryl methyl sites for hydroxylation is 1. The number of amides is 1. The number of carbonyl (C=O) groups is 1. The third-order valence-electron chi connectivity index (χ3n) is 3.68. The summed E-state index contributed by atoms with van der Waals surface area (Å²) in [6, 6.07) is 8.54. The maximum atomic E-state index is 11.2. The summed E-state index contributed by atoms with van der Waals surface area (Å²) in [4.78, 5) is 11.2. The van der Waals surface area contributed by atoms with Gasteiger partial charge in [0.05, 0.1) is 6.04 Å². The molecule has 0 saturated heterocycles. The Bertz CT molecular complexity index is 412. The number of hydrogen-bond acceptors (Lipinski definition) is 2. The van der Waals surface area contributed by atoms with Crippen LogP contribution in [0.25, 0.3) is 0 Å². The van der Waals surface area contributed by atoms with E-state index in [-0.39, 0.29) is 18.0 Å². The average molecular weight is 276 g/mol. The third kappa shape index (κ3) is 4.97. The lowest BCUT2D eigenvalue weighted by Gasteiger charge is -2.25. The number of nitrogens with two attached hydrogens (primary N) is 1. The quantitative estimate of drug-likeness (QED) is 0.766. The van der Waals surface area contributed by atoms with Crippen molar-refractivity contribution in [3.8, 4) is 0 Å². The van der Waals surface area contributed by atoms with Crippen molar-refractivity contribution < 1.29 is 4.79 Å². The van der Waals surface area contributed by atoms with Gasteiger partial charge >= 0.3 is 0 Å². The predicted octanol–water partition coefficient (Wildman–Crippen LogP) is 3.19. The predicted molar refractivity (Wildman–Crippen MR) is 84.4 cm³/mol. The second-order valence-corrected chi connectivity index (χ2v) is 5.86. The summed E-state index contributed by atoms with van der Waals surface area (Å²) in [5, 5.41) is 3.32. The van der Waals surface area contributed by atoms with Crippen molar-refractivity contribution in [2.24, 2.45) is 11.7 Å². The number of primary amides is 1. The Balaban J connectivity index is 2.79. The second-order valence-electron chi connectivity index (χ2n) is 5.86. The molecule has 3 nitrogen and oxygen atoms in total. The van der Waals surface area contributed by atoms with Crippen molar-refractivity contribution in [2.45, 2.75) is 59.0 Å². The zero-order valence-electron chi connectivity index (χ0n) is 13.1. The van der Waals surface area contributed by atoms with Crippen LogP contribution in [-0.4, -0.2) is 11.9 Å². The Morgan fingerprint density at radius 3 is 2.25 bits per heavy atom. The molecule has 0 aliphatic heterocycles. The number of hydrogen-bond donors (Lipinski definition) is 2. The van der Waals surface area contributed by atoms with Gasteiger partial charge in [0.1, 0.15) is 0 Å². The first-order chi connectivity index (χ1) is 9.45. The lowest BCUT2D eigenvalue weighted by atomic mass is 9.94. The van der Waals surface area contributed by atoms with Gasteiger partial charge in [-0.25, -0.2) is 0 Å². The SMILES string of the molecule is CCCCc1ccc([C@@H](N[C@@H](C)C(N)=O)C(C)C)cc1. The molecule has 0 heterocycles. The first-order valence-corrected chi connectivity index (χ1v) is 7.59. The first-order valence-electron chi connectivity index (χ1n) is 7.59. The lowest BCUT2D eigenvalue weighted by Crippen LogP contribution is -2.42. The summed E-state index contributed by atoms with van der Waals surface area (Å²) in [5.74, 6) is 0.0912. The van der Waals surface area contributed by atoms with Crippen LogP contribution in [0.2, 0.25) is 0 Å². The molecule has 0 aromatic heterocycles. The highest BCUT2D eigenvalue weighted by atomic mass is 16.1. The Kier molecular flexibility index (Phi) is 6.73. The van der Waals surface area contributed by atoms with Crippen LogP contribution < -0.4 is 11.1 Å². The van der Waals surface area contributed by atoms with Crippen molar-refractivity contribution >= 4 is 5.91 Å². The van der Waals surface area contributed by atoms with Crippen LogP contribution in [0.15, 0.2) is 24.3 Å². The standard InChI is InChI=1S/C17H28N2O/c1-5-6-7-14-8-10-15(11-9-14)16(12(2)3)19-13(4)17(18)20/h8-13,16,19H,5-7H2,1-4H3,(H2,18,20)/t13-,16-/m0/s1. The largest absolute Gasteiger partial charge is 0.368 e. The van der Waals surface area contributed by atoms with E-state index in [9.17, 15) is 4.79 Å². The molecule has 20 heavy (non-hydrogen) atoms. The molecule has 0 fully saturated rings. The van der Waals surface area contributed by atoms with Crippen molar-refractivity contribution in [1.29, 1.82) is 0 Å². The van der Waals surface area contributed by atoms with Crippen LogP contribution in [0.3, 0.4) is 0 Å². The van der Waals surface area contributed by atoms with Crippen LogP contribution in [0, 0.1) is 5.92 Å². The Morgan fingerprint density at radius 1 is 1.20 bits per heavy atom. The minimum atomic E-state index is -0.317. The van der Waals surface area contributed by atoms with Gasteiger partial charge in [0.2, 0.25) is 5.91 Å². The number of unbranched alkanes of at least 4 members (excludes halogenated alkanes) is 1. The van der Waals surface area contributed by atoms with E-state index in [0.717, 1.165) is 6.42 Å². The van der Waals surface area contributed by atoms with E-state index in [1.54, 1.807) is 0 Å². The van der Waals surface area contributed by atoms with Crippen LogP contribution in [0.1, 0.15) is 57.7 Å². The molecule has 0 aliphatic rings. The number of benzene rings is 1. The molecular weight excluding hydrogens is 248 g/mol. The van der Waals surface area contributed by atoms with Crippen LogP contribution in [0.4, 0.5) is 0 Å². The van der Waals surface area contributed by atoms with Crippen LogP contribution >= 0.6 is 0 Å². The molecule has 0 aliphatic carbocycles. The Labute approximate surface area is 122 Å². The fourth-order valence-corrected chi connectivity index (χ4v) is 2.30. The molecule has 112 valence electrons. The summed E-state index contributed by atoms with van der Waals surface area (Å²) in [6.45, 7) is 8.32. The molecule has 0 bridgehead atoms. The van der Waals surface area contributed by atoms with Gasteiger partial charge < -0.3 is 5.73 Å². The molecule has 0 spiro atoms. The normalized spacial score (nSPS) is 14.2. The number of rotatable bonds is 8. The fourth-order valence-electron chi connectivity index (χ4n) is 2.30. The molecule has 1 rings (SSSR count). The van der Waals surface area contributed by atoms with Gasteiger partial charge in [-0.15, -0.1) is 0 Å². The monoisotopic (exact) mass is 276 g/mol. The molecule has 1 aromatic rings. The summed E-state index contributed by atoms with van der Waals surface area (Å²) in [7, 11) is 0. The van der Waals surface area contributed by atoms with E-state index in [1.807, 2.05) is 6.92 Å². The molecule has 1 amide bonds. The third-order valence-corrected chi connectivity index (χ3v) is 3.68. The molecule has 0 radical (unpaired) electrons. The van der Waals surface area contributed by atoms with Gasteiger partial charge in [-0.1, -0.05) is 51.5 Å². The summed E-state index contributed by atoms with van der Waals surface area (Å²) >= 11 is 0. The fraction of sp³-hybridized carbons (Fsp3) is 0.588. The van der Waals surface area contributed by atoms with E-state index in [0.29, 0.717) is 5.92 Å². The van der Waals surface area contributed by atoms with E-state index in [1.165, 1.54) is 24.0 Å². The number of nitrogens with one attached hydrogen (secondary N) is 1. The highest BCUT2D eigenvalue weighted by Gasteiger charge is 2.20. The number of carbonyl (C=O) groups excluding carboxylic acids is 1. The molecule has 3 heteroatoms. The van der Waals surface area contributed by atoms with Gasteiger partial charge in [0.25, 0.3) is 0 Å². The topological polar surface area (TPSA) is 55.1 Å². The smallest absolute Gasteiger partial charge is 0.234 e. The summed E-state index contributed by atoms with van der Waals surface area (Å²) in [5.41, 5.74) is 7.93. The van der Waals surface area contributed by atoms with Crippen molar-refractivity contribution in [2.75, 3.05) is 0 Å². The van der Waals surface area contributed by atoms with E-state index in [4.69, 9.17) is 5.73 Å². The van der Waals surface area contributed by atoms with Gasteiger partial charge in [-0.2, -0.15) is 0 Å². The van der Waals surface area contributed by atoms with Gasteiger partial charge in [0.15, 0.2) is 0 Å². The van der Waals surface area contributed by atoms with E-state index in [2.05, 4.69) is 50.4 Å².